The van der Waals surface area contributed by atoms with Crippen molar-refractivity contribution in [3.63, 3.8) is 0 Å². The van der Waals surface area contributed by atoms with Crippen molar-refractivity contribution in [1.29, 1.82) is 0 Å². The van der Waals surface area contributed by atoms with Crippen LogP contribution in [0.15, 0.2) is 53.4 Å². The Morgan fingerprint density at radius 1 is 1.06 bits per heavy atom. The summed E-state index contributed by atoms with van der Waals surface area (Å²) in [7, 11) is -5.36. The third-order valence-electron chi connectivity index (χ3n) is 5.53. The fourth-order valence-corrected chi connectivity index (χ4v) is 6.63. The Morgan fingerprint density at radius 2 is 1.68 bits per heavy atom. The highest BCUT2D eigenvalue weighted by Gasteiger charge is 2.34. The molecule has 7 nitrogen and oxygen atoms in total. The van der Waals surface area contributed by atoms with Gasteiger partial charge in [-0.05, 0) is 56.2 Å². The number of benzene rings is 2. The van der Waals surface area contributed by atoms with Crippen molar-refractivity contribution in [3.8, 4) is 0 Å². The smallest absolute Gasteiger partial charge is 0.264 e. The van der Waals surface area contributed by atoms with Crippen LogP contribution in [0.3, 0.4) is 0 Å². The lowest BCUT2D eigenvalue weighted by atomic mass is 10.1. The largest absolute Gasteiger partial charge is 0.335 e. The van der Waals surface area contributed by atoms with Gasteiger partial charge in [0.25, 0.3) is 15.9 Å². The molecule has 1 amide bonds. The molecule has 9 heteroatoms. The maximum Gasteiger partial charge on any atom is 0.264 e. The maximum atomic E-state index is 13.1. The fraction of sp³-hybridized carbons (Fsp3) is 0.409. The lowest BCUT2D eigenvalue weighted by Crippen LogP contribution is -2.41. The molecule has 1 heterocycles. The van der Waals surface area contributed by atoms with E-state index in [4.69, 9.17) is 0 Å². The van der Waals surface area contributed by atoms with Gasteiger partial charge in [0, 0.05) is 25.2 Å². The third-order valence-corrected chi connectivity index (χ3v) is 9.08. The van der Waals surface area contributed by atoms with Crippen molar-refractivity contribution in [1.82, 2.24) is 4.90 Å². The molecule has 1 fully saturated rings. The molecule has 168 valence electrons. The average Bonchev–Trinajstić information content (AvgIpc) is 3.10. The zero-order valence-corrected chi connectivity index (χ0v) is 19.6. The first-order valence-electron chi connectivity index (χ1n) is 10.2. The molecule has 0 radical (unpaired) electrons. The molecular formula is C22H28N2O5S2. The van der Waals surface area contributed by atoms with Crippen molar-refractivity contribution in [2.45, 2.75) is 37.6 Å². The van der Waals surface area contributed by atoms with Gasteiger partial charge in [0.15, 0.2) is 9.84 Å². The first kappa shape index (κ1) is 23.3. The normalized spacial score (nSPS) is 18.0. The molecule has 2 aromatic rings. The summed E-state index contributed by atoms with van der Waals surface area (Å²) in [6.45, 7) is 4.30. The lowest BCUT2D eigenvalue weighted by molar-refractivity contribution is 0.0697. The molecular weight excluding hydrogens is 436 g/mol. The molecule has 0 aliphatic carbocycles. The molecule has 1 saturated heterocycles. The second kappa shape index (κ2) is 9.00. The molecule has 0 unspecified atom stereocenters. The number of anilines is 1. The van der Waals surface area contributed by atoms with Gasteiger partial charge in [0.2, 0.25) is 0 Å². The molecule has 1 atom stereocenters. The first-order valence-corrected chi connectivity index (χ1v) is 13.5. The second-order valence-corrected chi connectivity index (χ2v) is 12.1. The Bertz CT molecular complexity index is 1140. The Labute approximate surface area is 184 Å². The number of hydrogen-bond acceptors (Lipinski definition) is 5. The average molecular weight is 465 g/mol. The number of sulfonamides is 1. The van der Waals surface area contributed by atoms with Gasteiger partial charge in [-0.3, -0.25) is 9.10 Å². The van der Waals surface area contributed by atoms with E-state index in [1.165, 1.54) is 11.4 Å². The van der Waals surface area contributed by atoms with Crippen LogP contribution in [-0.2, 0) is 19.9 Å². The summed E-state index contributed by atoms with van der Waals surface area (Å²) >= 11 is 0. The summed E-state index contributed by atoms with van der Waals surface area (Å²) in [4.78, 5) is 14.9. The quantitative estimate of drug-likeness (QED) is 0.628. The molecule has 2 aromatic carbocycles. The molecule has 1 aliphatic rings. The number of carbonyl (C=O) groups is 1. The van der Waals surface area contributed by atoms with Crippen molar-refractivity contribution >= 4 is 31.5 Å². The highest BCUT2D eigenvalue weighted by atomic mass is 32.2. The van der Waals surface area contributed by atoms with E-state index in [1.807, 2.05) is 13.8 Å². The van der Waals surface area contributed by atoms with Gasteiger partial charge < -0.3 is 4.90 Å². The molecule has 0 saturated carbocycles. The van der Waals surface area contributed by atoms with E-state index in [0.717, 1.165) is 12.0 Å². The SMILES string of the molecule is CCCN(C(=O)c1ccc(N(C)S(=O)(=O)c2ccc(C)cc2)cc1)[C@@H]1CCS(=O)(=O)C1. The third kappa shape index (κ3) is 5.10. The van der Waals surface area contributed by atoms with Gasteiger partial charge in [-0.15, -0.1) is 0 Å². The van der Waals surface area contributed by atoms with Gasteiger partial charge in [-0.25, -0.2) is 16.8 Å². The van der Waals surface area contributed by atoms with E-state index < -0.39 is 19.9 Å². The van der Waals surface area contributed by atoms with E-state index >= 15 is 0 Å². The minimum atomic E-state index is -3.72. The van der Waals surface area contributed by atoms with Crippen molar-refractivity contribution in [2.24, 2.45) is 0 Å². The van der Waals surface area contributed by atoms with E-state index in [-0.39, 0.29) is 28.4 Å². The number of aryl methyl sites for hydroxylation is 1. The summed E-state index contributed by atoms with van der Waals surface area (Å²) in [5.74, 6) is -0.139. The van der Waals surface area contributed by atoms with Crippen LogP contribution in [-0.4, -0.2) is 58.8 Å². The molecule has 1 aliphatic heterocycles. The number of carbonyl (C=O) groups excluding carboxylic acids is 1. The minimum Gasteiger partial charge on any atom is -0.335 e. The van der Waals surface area contributed by atoms with Gasteiger partial charge >= 0.3 is 0 Å². The highest BCUT2D eigenvalue weighted by molar-refractivity contribution is 7.92. The summed E-state index contributed by atoms with van der Waals surface area (Å²) < 4.78 is 50.7. The van der Waals surface area contributed by atoms with Crippen LogP contribution in [0.1, 0.15) is 35.7 Å². The molecule has 0 spiro atoms. The number of nitrogens with zero attached hydrogens (tertiary/aromatic N) is 2. The van der Waals surface area contributed by atoms with Crippen LogP contribution >= 0.6 is 0 Å². The minimum absolute atomic E-state index is 0.00560. The predicted molar refractivity (Wildman–Crippen MR) is 122 cm³/mol. The fourth-order valence-electron chi connectivity index (χ4n) is 3.70. The summed E-state index contributed by atoms with van der Waals surface area (Å²) in [5, 5.41) is 0. The van der Waals surface area contributed by atoms with E-state index in [9.17, 15) is 21.6 Å². The van der Waals surface area contributed by atoms with Gasteiger partial charge in [-0.2, -0.15) is 0 Å². The predicted octanol–water partition coefficient (Wildman–Crippen LogP) is 2.86. The van der Waals surface area contributed by atoms with Crippen LogP contribution in [0.25, 0.3) is 0 Å². The van der Waals surface area contributed by atoms with Gasteiger partial charge in [-0.1, -0.05) is 24.6 Å². The number of rotatable bonds is 7. The summed E-state index contributed by atoms with van der Waals surface area (Å²) in [5.41, 5.74) is 1.81. The molecule has 0 bridgehead atoms. The number of amides is 1. The van der Waals surface area contributed by atoms with Crippen molar-refractivity contribution in [2.75, 3.05) is 29.4 Å². The zero-order chi connectivity index (χ0) is 22.8. The van der Waals surface area contributed by atoms with Crippen molar-refractivity contribution < 1.29 is 21.6 Å². The molecule has 31 heavy (non-hydrogen) atoms. The number of sulfone groups is 1. The van der Waals surface area contributed by atoms with Crippen LogP contribution in [0.2, 0.25) is 0 Å². The van der Waals surface area contributed by atoms with Crippen molar-refractivity contribution in [3.05, 3.63) is 59.7 Å². The Balaban J connectivity index is 1.81. The highest BCUT2D eigenvalue weighted by Crippen LogP contribution is 2.25. The maximum absolute atomic E-state index is 13.1. The van der Waals surface area contributed by atoms with E-state index in [1.54, 1.807) is 53.4 Å². The van der Waals surface area contributed by atoms with Crippen LogP contribution in [0, 0.1) is 6.92 Å². The van der Waals surface area contributed by atoms with Crippen LogP contribution < -0.4 is 4.31 Å². The number of hydrogen-bond donors (Lipinski definition) is 0. The standard InChI is InChI=1S/C22H28N2O5S2/c1-4-14-24(20-13-15-30(26,27)16-20)22(25)18-7-9-19(10-8-18)23(3)31(28,29)21-11-5-17(2)6-12-21/h5-12,20H,4,13-16H2,1-3H3/t20-/m1/s1. The van der Waals surface area contributed by atoms with Gasteiger partial charge in [0.05, 0.1) is 22.1 Å². The summed E-state index contributed by atoms with van der Waals surface area (Å²) in [6.07, 6.45) is 1.17. The lowest BCUT2D eigenvalue weighted by Gasteiger charge is -2.28. The summed E-state index contributed by atoms with van der Waals surface area (Å²) in [6, 6.07) is 12.7. The second-order valence-electron chi connectivity index (χ2n) is 7.89. The Kier molecular flexibility index (Phi) is 6.76. The zero-order valence-electron chi connectivity index (χ0n) is 18.0. The van der Waals surface area contributed by atoms with Gasteiger partial charge in [0.1, 0.15) is 0 Å². The Morgan fingerprint density at radius 3 is 2.19 bits per heavy atom. The van der Waals surface area contributed by atoms with Crippen LogP contribution in [0.4, 0.5) is 5.69 Å². The Hall–Kier alpha value is -2.39. The van der Waals surface area contributed by atoms with Crippen LogP contribution in [0.5, 0.6) is 0 Å². The first-order chi connectivity index (χ1) is 14.5. The molecule has 0 N–H and O–H groups in total. The molecule has 3 rings (SSSR count). The topological polar surface area (TPSA) is 91.8 Å². The van der Waals surface area contributed by atoms with E-state index in [0.29, 0.717) is 24.2 Å². The molecule has 0 aromatic heterocycles. The van der Waals surface area contributed by atoms with E-state index in [2.05, 4.69) is 0 Å². The monoisotopic (exact) mass is 464 g/mol.